The molecule has 5 heteroatoms. The summed E-state index contributed by atoms with van der Waals surface area (Å²) in [6.07, 6.45) is 1.25. The first-order chi connectivity index (χ1) is 15.2. The van der Waals surface area contributed by atoms with Gasteiger partial charge in [-0.15, -0.1) is 0 Å². The first-order valence-electron chi connectivity index (χ1n) is 10.6. The van der Waals surface area contributed by atoms with E-state index in [-0.39, 0.29) is 18.4 Å². The number of carbonyl (C=O) groups excluding carboxylic acids is 2. The Morgan fingerprint density at radius 1 is 0.903 bits per heavy atom. The molecule has 5 nitrogen and oxygen atoms in total. The smallest absolute Gasteiger partial charge is 0.260 e. The number of nitrogens with one attached hydrogen (secondary N) is 1. The third-order valence-corrected chi connectivity index (χ3v) is 6.42. The van der Waals surface area contributed by atoms with Crippen molar-refractivity contribution >= 4 is 17.5 Å². The molecule has 2 heterocycles. The number of carbonyl (C=O) groups is 2. The molecule has 0 aromatic heterocycles. The number of hydrogen-bond donors (Lipinski definition) is 1. The Hall–Kier alpha value is -3.60. The van der Waals surface area contributed by atoms with Crippen LogP contribution >= 0.6 is 0 Å². The van der Waals surface area contributed by atoms with Crippen molar-refractivity contribution in [3.8, 4) is 16.9 Å². The lowest BCUT2D eigenvalue weighted by Gasteiger charge is -2.38. The summed E-state index contributed by atoms with van der Waals surface area (Å²) in [6.45, 7) is 1.08. The van der Waals surface area contributed by atoms with Crippen molar-refractivity contribution < 1.29 is 14.3 Å². The Bertz CT molecular complexity index is 1120. The summed E-state index contributed by atoms with van der Waals surface area (Å²) in [5.41, 5.74) is 3.45. The van der Waals surface area contributed by atoms with Gasteiger partial charge < -0.3 is 15.0 Å². The topological polar surface area (TPSA) is 58.6 Å². The third kappa shape index (κ3) is 3.46. The van der Waals surface area contributed by atoms with Crippen LogP contribution in [0.25, 0.3) is 11.1 Å². The Morgan fingerprint density at radius 2 is 1.58 bits per heavy atom. The molecule has 2 aliphatic rings. The molecule has 31 heavy (non-hydrogen) atoms. The number of rotatable bonds is 4. The predicted molar refractivity (Wildman–Crippen MR) is 120 cm³/mol. The molecule has 3 aromatic carbocycles. The number of fused-ring (bicyclic) bond motifs is 2. The normalized spacial score (nSPS) is 16.6. The number of likely N-dealkylation sites (tertiary alicyclic amines) is 1. The lowest BCUT2D eigenvalue weighted by molar-refractivity contribution is -0.137. The largest absolute Gasteiger partial charge is 0.483 e. The maximum Gasteiger partial charge on any atom is 0.260 e. The van der Waals surface area contributed by atoms with Crippen LogP contribution in [0.4, 0.5) is 5.69 Å². The van der Waals surface area contributed by atoms with Gasteiger partial charge in [-0.3, -0.25) is 9.59 Å². The second-order valence-corrected chi connectivity index (χ2v) is 8.11. The molecule has 1 fully saturated rings. The summed E-state index contributed by atoms with van der Waals surface area (Å²) in [5, 5.41) is 3.00. The lowest BCUT2D eigenvalue weighted by Crippen LogP contribution is -2.49. The molecule has 156 valence electrons. The van der Waals surface area contributed by atoms with E-state index in [1.165, 1.54) is 0 Å². The van der Waals surface area contributed by atoms with Crippen LogP contribution < -0.4 is 10.1 Å². The van der Waals surface area contributed by atoms with Crippen LogP contribution in [-0.4, -0.2) is 36.4 Å². The van der Waals surface area contributed by atoms with E-state index in [9.17, 15) is 9.59 Å². The van der Waals surface area contributed by atoms with Gasteiger partial charge in [0.2, 0.25) is 5.91 Å². The molecule has 2 aliphatic heterocycles. The number of para-hydroxylation sites is 2. The second kappa shape index (κ2) is 7.91. The quantitative estimate of drug-likeness (QED) is 0.697. The molecule has 0 atom stereocenters. The Kier molecular flexibility index (Phi) is 4.94. The van der Waals surface area contributed by atoms with Gasteiger partial charge in [-0.25, -0.2) is 0 Å². The summed E-state index contributed by atoms with van der Waals surface area (Å²) < 4.78 is 5.93. The van der Waals surface area contributed by atoms with Gasteiger partial charge in [0, 0.05) is 24.3 Å². The summed E-state index contributed by atoms with van der Waals surface area (Å²) in [6, 6.07) is 25.6. The van der Waals surface area contributed by atoms with Crippen molar-refractivity contribution in [2.24, 2.45) is 0 Å². The van der Waals surface area contributed by atoms with E-state index in [4.69, 9.17) is 4.74 Å². The van der Waals surface area contributed by atoms with Gasteiger partial charge >= 0.3 is 0 Å². The second-order valence-electron chi connectivity index (χ2n) is 8.11. The molecule has 1 N–H and O–H groups in total. The highest BCUT2D eigenvalue weighted by molar-refractivity contribution is 6.06. The van der Waals surface area contributed by atoms with Gasteiger partial charge in [-0.2, -0.15) is 0 Å². The van der Waals surface area contributed by atoms with Gasteiger partial charge in [0.15, 0.2) is 6.61 Å². The van der Waals surface area contributed by atoms with Gasteiger partial charge in [-0.05, 0) is 36.1 Å². The molecule has 1 saturated heterocycles. The maximum absolute atomic E-state index is 12.9. The standard InChI is InChI=1S/C26H24N2O3/c29-24(18-31-23-13-7-4-10-20(23)19-8-2-1-3-9-19)28-16-14-26(15-17-28)21-11-5-6-12-22(21)27-25(26)30/h1-13H,14-18H2,(H,27,30). The number of ether oxygens (including phenoxy) is 1. The zero-order chi connectivity index (χ0) is 21.3. The summed E-state index contributed by atoms with van der Waals surface area (Å²) >= 11 is 0. The highest BCUT2D eigenvalue weighted by Gasteiger charge is 2.48. The van der Waals surface area contributed by atoms with Gasteiger partial charge in [0.1, 0.15) is 5.75 Å². The van der Waals surface area contributed by atoms with Crippen molar-refractivity contribution in [3.63, 3.8) is 0 Å². The van der Waals surface area contributed by atoms with Gasteiger partial charge in [-0.1, -0.05) is 66.7 Å². The minimum Gasteiger partial charge on any atom is -0.483 e. The molecule has 0 saturated carbocycles. The highest BCUT2D eigenvalue weighted by Crippen LogP contribution is 2.44. The summed E-state index contributed by atoms with van der Waals surface area (Å²) in [5.74, 6) is 0.692. The van der Waals surface area contributed by atoms with Crippen molar-refractivity contribution in [1.82, 2.24) is 4.90 Å². The number of nitrogens with zero attached hydrogens (tertiary/aromatic N) is 1. The van der Waals surface area contributed by atoms with Crippen LogP contribution in [0, 0.1) is 0 Å². The van der Waals surface area contributed by atoms with Crippen molar-refractivity contribution in [2.45, 2.75) is 18.3 Å². The van der Waals surface area contributed by atoms with E-state index in [1.54, 1.807) is 0 Å². The fraction of sp³-hybridized carbons (Fsp3) is 0.231. The van der Waals surface area contributed by atoms with Crippen molar-refractivity contribution in [2.75, 3.05) is 25.0 Å². The minimum absolute atomic E-state index is 0.0143. The Balaban J connectivity index is 1.25. The molecule has 5 rings (SSSR count). The number of hydrogen-bond acceptors (Lipinski definition) is 3. The van der Waals surface area contributed by atoms with E-state index in [0.717, 1.165) is 22.4 Å². The highest BCUT2D eigenvalue weighted by atomic mass is 16.5. The zero-order valence-corrected chi connectivity index (χ0v) is 17.2. The van der Waals surface area contributed by atoms with Crippen molar-refractivity contribution in [3.05, 3.63) is 84.4 Å². The summed E-state index contributed by atoms with van der Waals surface area (Å²) in [7, 11) is 0. The van der Waals surface area contributed by atoms with E-state index in [0.29, 0.717) is 31.7 Å². The van der Waals surface area contributed by atoms with Crippen LogP contribution in [-0.2, 0) is 15.0 Å². The first-order valence-corrected chi connectivity index (χ1v) is 10.6. The third-order valence-electron chi connectivity index (χ3n) is 6.42. The average Bonchev–Trinajstić information content (AvgIpc) is 3.09. The molecule has 0 bridgehead atoms. The molecule has 3 aromatic rings. The monoisotopic (exact) mass is 412 g/mol. The SMILES string of the molecule is O=C(COc1ccccc1-c1ccccc1)N1CCC2(CC1)C(=O)Nc1ccccc12. The first kappa shape index (κ1) is 19.4. The predicted octanol–water partition coefficient (Wildman–Crippen LogP) is 4.24. The molecular weight excluding hydrogens is 388 g/mol. The lowest BCUT2D eigenvalue weighted by atomic mass is 9.73. The van der Waals surface area contributed by atoms with E-state index < -0.39 is 5.41 Å². The fourth-order valence-electron chi connectivity index (χ4n) is 4.69. The molecule has 0 unspecified atom stereocenters. The maximum atomic E-state index is 12.9. The van der Waals surface area contributed by atoms with E-state index in [1.807, 2.05) is 83.8 Å². The number of amides is 2. The number of piperidine rings is 1. The van der Waals surface area contributed by atoms with Crippen molar-refractivity contribution in [1.29, 1.82) is 0 Å². The number of anilines is 1. The van der Waals surface area contributed by atoms with E-state index in [2.05, 4.69) is 5.32 Å². The average molecular weight is 412 g/mol. The van der Waals surface area contributed by atoms with Gasteiger partial charge in [0.25, 0.3) is 5.91 Å². The summed E-state index contributed by atoms with van der Waals surface area (Å²) in [4.78, 5) is 27.4. The van der Waals surface area contributed by atoms with Crippen LogP contribution in [0.15, 0.2) is 78.9 Å². The molecule has 1 spiro atoms. The minimum atomic E-state index is -0.520. The molecule has 0 aliphatic carbocycles. The Labute approximate surface area is 181 Å². The zero-order valence-electron chi connectivity index (χ0n) is 17.2. The van der Waals surface area contributed by atoms with Crippen LogP contribution in [0.1, 0.15) is 18.4 Å². The molecule has 2 amide bonds. The van der Waals surface area contributed by atoms with E-state index >= 15 is 0 Å². The van der Waals surface area contributed by atoms with Crippen LogP contribution in [0.5, 0.6) is 5.75 Å². The fourth-order valence-corrected chi connectivity index (χ4v) is 4.69. The van der Waals surface area contributed by atoms with Gasteiger partial charge in [0.05, 0.1) is 5.41 Å². The number of benzene rings is 3. The van der Waals surface area contributed by atoms with Crippen LogP contribution in [0.3, 0.4) is 0 Å². The molecular formula is C26H24N2O3. The Morgan fingerprint density at radius 3 is 2.39 bits per heavy atom. The van der Waals surface area contributed by atoms with Crippen LogP contribution in [0.2, 0.25) is 0 Å². The molecule has 0 radical (unpaired) electrons.